The molecule has 13 heteroatoms. The molecule has 2 amide bonds. The summed E-state index contributed by atoms with van der Waals surface area (Å²) in [6, 6.07) is 11.1. The Kier molecular flexibility index (Phi) is 7.11. The van der Waals surface area contributed by atoms with E-state index in [1.54, 1.807) is 61.6 Å². The van der Waals surface area contributed by atoms with Crippen LogP contribution in [0.4, 0.5) is 11.8 Å². The molecule has 0 saturated heterocycles. The third-order valence-corrected chi connectivity index (χ3v) is 7.24. The lowest BCUT2D eigenvalue weighted by molar-refractivity contribution is 0.0653. The zero-order valence-electron chi connectivity index (χ0n) is 21.3. The highest BCUT2D eigenvalue weighted by Gasteiger charge is 2.32. The number of carbonyl (C=O) groups excluding carboxylic acids is 2. The van der Waals surface area contributed by atoms with Crippen LogP contribution in [-0.2, 0) is 20.0 Å². The molecular weight excluding hydrogens is 543 g/mol. The smallest absolute Gasteiger partial charge is 0.263 e. The number of anilines is 2. The van der Waals surface area contributed by atoms with Crippen molar-refractivity contribution in [3.63, 3.8) is 0 Å². The number of nitrogens with one attached hydrogen (secondary N) is 2. The number of aryl methyl sites for hydroxylation is 1. The van der Waals surface area contributed by atoms with Crippen LogP contribution in [0, 0.1) is 0 Å². The van der Waals surface area contributed by atoms with E-state index in [0.717, 1.165) is 0 Å². The molecule has 4 aromatic rings. The number of rotatable bonds is 5. The highest BCUT2D eigenvalue weighted by Crippen LogP contribution is 2.28. The van der Waals surface area contributed by atoms with Crippen molar-refractivity contribution in [2.75, 3.05) is 12.4 Å². The maximum absolute atomic E-state index is 13.9. The third kappa shape index (κ3) is 5.10. The molecule has 11 nitrogen and oxygen atoms in total. The van der Waals surface area contributed by atoms with Crippen molar-refractivity contribution < 1.29 is 9.59 Å². The van der Waals surface area contributed by atoms with Gasteiger partial charge in [-0.05, 0) is 55.8 Å². The summed E-state index contributed by atoms with van der Waals surface area (Å²) in [5.41, 5.74) is 2.04. The molecule has 2 aromatic heterocycles. The van der Waals surface area contributed by atoms with E-state index in [-0.39, 0.29) is 40.9 Å². The number of carbonyl (C=O) groups is 2. The monoisotopic (exact) mass is 566 g/mol. The minimum atomic E-state index is -0.285. The van der Waals surface area contributed by atoms with Crippen molar-refractivity contribution in [2.45, 2.75) is 25.9 Å². The number of halogens is 2. The van der Waals surface area contributed by atoms with Gasteiger partial charge in [-0.3, -0.25) is 19.1 Å². The normalized spacial score (nSPS) is 14.6. The number of fused-ring (bicyclic) bond motifs is 1. The summed E-state index contributed by atoms with van der Waals surface area (Å²) in [5, 5.41) is 14.3. The fourth-order valence-corrected chi connectivity index (χ4v) is 4.77. The number of nitrogens with zero attached hydrogens (tertiary/aromatic N) is 6. The van der Waals surface area contributed by atoms with Crippen LogP contribution >= 0.6 is 23.2 Å². The molecule has 39 heavy (non-hydrogen) atoms. The highest BCUT2D eigenvalue weighted by molar-refractivity contribution is 6.42. The zero-order valence-corrected chi connectivity index (χ0v) is 22.8. The first-order valence-corrected chi connectivity index (χ1v) is 12.8. The molecular formula is C26H24Cl2N8O3. The van der Waals surface area contributed by atoms with Gasteiger partial charge in [-0.15, -0.1) is 5.10 Å². The second-order valence-electron chi connectivity index (χ2n) is 9.14. The van der Waals surface area contributed by atoms with Crippen molar-refractivity contribution in [3.8, 4) is 5.69 Å². The second kappa shape index (κ2) is 10.5. The predicted octanol–water partition coefficient (Wildman–Crippen LogP) is 3.36. The largest absolute Gasteiger partial charge is 0.355 e. The first kappa shape index (κ1) is 26.4. The molecule has 3 heterocycles. The van der Waals surface area contributed by atoms with Gasteiger partial charge in [0.15, 0.2) is 5.82 Å². The molecule has 1 atom stereocenters. The van der Waals surface area contributed by atoms with Crippen LogP contribution in [0.25, 0.3) is 5.69 Å². The topological polar surface area (TPSA) is 127 Å². The zero-order chi connectivity index (χ0) is 27.8. The molecule has 0 bridgehead atoms. The maximum atomic E-state index is 13.9. The van der Waals surface area contributed by atoms with Gasteiger partial charge in [0, 0.05) is 36.8 Å². The average Bonchev–Trinajstić information content (AvgIpc) is 3.34. The van der Waals surface area contributed by atoms with Gasteiger partial charge in [0.2, 0.25) is 5.95 Å². The first-order valence-electron chi connectivity index (χ1n) is 12.0. The molecule has 0 fully saturated rings. The Balaban J connectivity index is 1.58. The van der Waals surface area contributed by atoms with Crippen molar-refractivity contribution in [1.29, 1.82) is 0 Å². The Bertz CT molecular complexity index is 1650. The molecule has 0 saturated carbocycles. The van der Waals surface area contributed by atoms with E-state index < -0.39 is 0 Å². The molecule has 200 valence electrons. The molecule has 2 N–H and O–H groups in total. The van der Waals surface area contributed by atoms with Gasteiger partial charge in [-0.25, -0.2) is 9.55 Å². The van der Waals surface area contributed by atoms with Gasteiger partial charge in [0.05, 0.1) is 34.2 Å². The van der Waals surface area contributed by atoms with E-state index in [1.165, 1.54) is 15.3 Å². The first-order chi connectivity index (χ1) is 18.7. The van der Waals surface area contributed by atoms with E-state index >= 15 is 0 Å². The van der Waals surface area contributed by atoms with Crippen LogP contribution in [0.1, 0.15) is 38.9 Å². The maximum Gasteiger partial charge on any atom is 0.263 e. The standard InChI is InChI=1S/C26H24Cl2N8O3/c1-14-10-18-21(12-35(14)24(38)16-6-9-19(27)20(28)11-16)30-26(31-22-13-34(3)33-32-22)36(25(18)39)17-7-4-15(5-8-17)23(37)29-2/h4-9,11,13-14H,10,12H2,1-3H3,(H,29,37)(H,30,31)/t14-/m1/s1. The molecule has 0 unspecified atom stereocenters. The van der Waals surface area contributed by atoms with Crippen LogP contribution < -0.4 is 16.2 Å². The molecule has 0 aliphatic carbocycles. The number of aromatic nitrogens is 5. The summed E-state index contributed by atoms with van der Waals surface area (Å²) in [4.78, 5) is 45.8. The van der Waals surface area contributed by atoms with Crippen LogP contribution in [0.3, 0.4) is 0 Å². The van der Waals surface area contributed by atoms with Gasteiger partial charge in [-0.2, -0.15) is 0 Å². The Hall–Kier alpha value is -4.22. The summed E-state index contributed by atoms with van der Waals surface area (Å²) in [7, 11) is 3.27. The Labute approximate surface area is 233 Å². The number of hydrogen-bond acceptors (Lipinski definition) is 7. The van der Waals surface area contributed by atoms with Gasteiger partial charge >= 0.3 is 0 Å². The highest BCUT2D eigenvalue weighted by atomic mass is 35.5. The lowest BCUT2D eigenvalue weighted by Gasteiger charge is -2.34. The van der Waals surface area contributed by atoms with E-state index in [0.29, 0.717) is 45.3 Å². The SMILES string of the molecule is CNC(=O)c1ccc(-n2c(Nc3cn(C)nn3)nc3c(c2=O)C[C@@H](C)N(C(=O)c2ccc(Cl)c(Cl)c2)C3)cc1. The van der Waals surface area contributed by atoms with Gasteiger partial charge in [-0.1, -0.05) is 28.4 Å². The van der Waals surface area contributed by atoms with Gasteiger partial charge in [0.25, 0.3) is 17.4 Å². The summed E-state index contributed by atoms with van der Waals surface area (Å²) < 4.78 is 2.95. The summed E-state index contributed by atoms with van der Waals surface area (Å²) in [6.45, 7) is 2.00. The molecule has 1 aliphatic heterocycles. The van der Waals surface area contributed by atoms with E-state index in [1.807, 2.05) is 6.92 Å². The minimum Gasteiger partial charge on any atom is -0.355 e. The summed E-state index contributed by atoms with van der Waals surface area (Å²) in [5.74, 6) is 0.0956. The molecule has 1 aliphatic rings. The fraction of sp³-hybridized carbons (Fsp3) is 0.231. The summed E-state index contributed by atoms with van der Waals surface area (Å²) in [6.07, 6.45) is 1.95. The van der Waals surface area contributed by atoms with Crippen molar-refractivity contribution in [2.24, 2.45) is 7.05 Å². The molecule has 5 rings (SSSR count). The van der Waals surface area contributed by atoms with Crippen LogP contribution in [0.2, 0.25) is 10.0 Å². The van der Waals surface area contributed by atoms with Crippen LogP contribution in [-0.4, -0.2) is 54.3 Å². The average molecular weight is 567 g/mol. The van der Waals surface area contributed by atoms with E-state index in [2.05, 4.69) is 20.9 Å². The van der Waals surface area contributed by atoms with Gasteiger partial charge in [0.1, 0.15) is 0 Å². The molecule has 2 aromatic carbocycles. The number of hydrogen-bond donors (Lipinski definition) is 2. The van der Waals surface area contributed by atoms with E-state index in [4.69, 9.17) is 28.2 Å². The van der Waals surface area contributed by atoms with Crippen molar-refractivity contribution in [3.05, 3.63) is 91.4 Å². The van der Waals surface area contributed by atoms with Crippen LogP contribution in [0.5, 0.6) is 0 Å². The van der Waals surface area contributed by atoms with Crippen molar-refractivity contribution >= 4 is 46.8 Å². The predicted molar refractivity (Wildman–Crippen MR) is 147 cm³/mol. The molecule has 0 spiro atoms. The second-order valence-corrected chi connectivity index (χ2v) is 9.96. The van der Waals surface area contributed by atoms with E-state index in [9.17, 15) is 14.4 Å². The quantitative estimate of drug-likeness (QED) is 0.379. The Morgan fingerprint density at radius 1 is 1.05 bits per heavy atom. The fourth-order valence-electron chi connectivity index (χ4n) is 4.47. The summed E-state index contributed by atoms with van der Waals surface area (Å²) >= 11 is 12.2. The number of amides is 2. The van der Waals surface area contributed by atoms with Crippen LogP contribution in [0.15, 0.2) is 53.5 Å². The minimum absolute atomic E-state index is 0.121. The van der Waals surface area contributed by atoms with Gasteiger partial charge < -0.3 is 15.5 Å². The Morgan fingerprint density at radius 3 is 2.41 bits per heavy atom. The molecule has 0 radical (unpaired) electrons. The lowest BCUT2D eigenvalue weighted by Crippen LogP contribution is -2.46. The van der Waals surface area contributed by atoms with Crippen molar-refractivity contribution in [1.82, 2.24) is 34.8 Å². The third-order valence-electron chi connectivity index (χ3n) is 6.50. The Morgan fingerprint density at radius 2 is 1.77 bits per heavy atom. The lowest BCUT2D eigenvalue weighted by atomic mass is 9.98. The number of benzene rings is 2.